The second-order valence-electron chi connectivity index (χ2n) is 6.32. The van der Waals surface area contributed by atoms with Gasteiger partial charge in [0.25, 0.3) is 0 Å². The quantitative estimate of drug-likeness (QED) is 0.502. The lowest BCUT2D eigenvalue weighted by Gasteiger charge is -2.09. The second kappa shape index (κ2) is 6.82. The molecule has 0 fully saturated rings. The van der Waals surface area contributed by atoms with Crippen LogP contribution in [-0.4, -0.2) is 14.8 Å². The summed E-state index contributed by atoms with van der Waals surface area (Å²) in [5.41, 5.74) is 3.11. The molecule has 0 amide bonds. The van der Waals surface area contributed by atoms with E-state index in [1.807, 2.05) is 6.07 Å². The number of hydrogen-bond donors (Lipinski definition) is 0. The van der Waals surface area contributed by atoms with E-state index < -0.39 is 11.7 Å². The van der Waals surface area contributed by atoms with E-state index >= 15 is 0 Å². The fourth-order valence-corrected chi connectivity index (χ4v) is 3.03. The minimum absolute atomic E-state index is 0.423. The zero-order chi connectivity index (χ0) is 19.7. The third kappa shape index (κ3) is 3.45. The van der Waals surface area contributed by atoms with Gasteiger partial charge in [-0.2, -0.15) is 23.5 Å². The van der Waals surface area contributed by atoms with Crippen molar-refractivity contribution in [2.45, 2.75) is 12.7 Å². The van der Waals surface area contributed by atoms with Gasteiger partial charge in [0.15, 0.2) is 0 Å². The first-order valence-electron chi connectivity index (χ1n) is 8.42. The summed E-state index contributed by atoms with van der Waals surface area (Å²) in [6, 6.07) is 16.2. The molecule has 0 atom stereocenters. The normalized spacial score (nSPS) is 11.5. The number of pyridine rings is 1. The highest BCUT2D eigenvalue weighted by atomic mass is 19.4. The Balaban J connectivity index is 1.73. The summed E-state index contributed by atoms with van der Waals surface area (Å²) in [6.45, 7) is 0.423. The number of fused-ring (bicyclic) bond motifs is 1. The molecule has 0 spiro atoms. The number of nitrogens with zero attached hydrogens (tertiary/aromatic N) is 4. The van der Waals surface area contributed by atoms with Crippen LogP contribution in [0.25, 0.3) is 22.2 Å². The van der Waals surface area contributed by atoms with E-state index in [1.165, 1.54) is 6.07 Å². The van der Waals surface area contributed by atoms with Crippen molar-refractivity contribution < 1.29 is 13.2 Å². The molecule has 0 aliphatic carbocycles. The lowest BCUT2D eigenvalue weighted by Crippen LogP contribution is -2.04. The summed E-state index contributed by atoms with van der Waals surface area (Å²) in [5.74, 6) is 0. The Morgan fingerprint density at radius 1 is 0.964 bits per heavy atom. The van der Waals surface area contributed by atoms with Gasteiger partial charge in [0.2, 0.25) is 0 Å². The van der Waals surface area contributed by atoms with E-state index in [2.05, 4.69) is 16.2 Å². The Morgan fingerprint density at radius 2 is 1.79 bits per heavy atom. The smallest absolute Gasteiger partial charge is 0.259 e. The maximum atomic E-state index is 13.0. The first-order chi connectivity index (χ1) is 13.4. The second-order valence-corrected chi connectivity index (χ2v) is 6.32. The number of halogens is 3. The standard InChI is InChI=1S/C21H13F3N4/c22-21(23,24)18-6-2-5-16(8-18)17-9-20-19(26-11-17)12-27-28(20)13-15-4-1-3-14(7-15)10-25/h1-9,11-12H,13H2. The number of alkyl halides is 3. The average Bonchev–Trinajstić information content (AvgIpc) is 3.09. The SMILES string of the molecule is N#Cc1cccc(Cn2ncc3ncc(-c4cccc(C(F)(F)F)c4)cc32)c1. The molecule has 0 aliphatic rings. The third-order valence-corrected chi connectivity index (χ3v) is 4.41. The van der Waals surface area contributed by atoms with Crippen LogP contribution in [-0.2, 0) is 12.7 Å². The minimum atomic E-state index is -4.40. The molecule has 138 valence electrons. The molecule has 2 aromatic heterocycles. The van der Waals surface area contributed by atoms with E-state index in [0.29, 0.717) is 34.3 Å². The molecule has 7 heteroatoms. The lowest BCUT2D eigenvalue weighted by molar-refractivity contribution is -0.137. The van der Waals surface area contributed by atoms with Gasteiger partial charge in [0.1, 0.15) is 5.52 Å². The van der Waals surface area contributed by atoms with Gasteiger partial charge in [-0.3, -0.25) is 9.67 Å². The van der Waals surface area contributed by atoms with Gasteiger partial charge in [-0.25, -0.2) is 0 Å². The first kappa shape index (κ1) is 17.7. The van der Waals surface area contributed by atoms with Crippen LogP contribution >= 0.6 is 0 Å². The summed E-state index contributed by atoms with van der Waals surface area (Å²) < 4.78 is 40.7. The van der Waals surface area contributed by atoms with Gasteiger partial charge in [-0.1, -0.05) is 24.3 Å². The van der Waals surface area contributed by atoms with Crippen LogP contribution < -0.4 is 0 Å². The molecule has 4 aromatic rings. The Labute approximate surface area is 158 Å². The van der Waals surface area contributed by atoms with Gasteiger partial charge >= 0.3 is 6.18 Å². The molecule has 28 heavy (non-hydrogen) atoms. The van der Waals surface area contributed by atoms with Crippen LogP contribution in [0.1, 0.15) is 16.7 Å². The van der Waals surface area contributed by atoms with Gasteiger partial charge in [-0.05, 0) is 41.5 Å². The largest absolute Gasteiger partial charge is 0.416 e. The molecule has 0 N–H and O–H groups in total. The maximum Gasteiger partial charge on any atom is 0.416 e. The van der Waals surface area contributed by atoms with Crippen LogP contribution in [0.2, 0.25) is 0 Å². The predicted molar refractivity (Wildman–Crippen MR) is 98.2 cm³/mol. The highest BCUT2D eigenvalue weighted by Crippen LogP contribution is 2.32. The summed E-state index contributed by atoms with van der Waals surface area (Å²) >= 11 is 0. The van der Waals surface area contributed by atoms with E-state index in [1.54, 1.807) is 47.4 Å². The zero-order valence-corrected chi connectivity index (χ0v) is 14.5. The van der Waals surface area contributed by atoms with Crippen molar-refractivity contribution in [3.8, 4) is 17.2 Å². The van der Waals surface area contributed by atoms with Crippen molar-refractivity contribution in [3.63, 3.8) is 0 Å². The molecule has 0 saturated carbocycles. The Hall–Kier alpha value is -3.66. The van der Waals surface area contributed by atoms with Crippen molar-refractivity contribution in [2.24, 2.45) is 0 Å². The summed E-state index contributed by atoms with van der Waals surface area (Å²) in [6.07, 6.45) is -1.25. The van der Waals surface area contributed by atoms with Crippen LogP contribution in [0.15, 0.2) is 67.0 Å². The van der Waals surface area contributed by atoms with Crippen molar-refractivity contribution in [2.75, 3.05) is 0 Å². The molecule has 2 heterocycles. The fourth-order valence-electron chi connectivity index (χ4n) is 3.03. The highest BCUT2D eigenvalue weighted by Gasteiger charge is 2.30. The highest BCUT2D eigenvalue weighted by molar-refractivity contribution is 5.80. The average molecular weight is 378 g/mol. The molecular weight excluding hydrogens is 365 g/mol. The summed E-state index contributed by atoms with van der Waals surface area (Å²) in [4.78, 5) is 4.33. The van der Waals surface area contributed by atoms with E-state index in [4.69, 9.17) is 5.26 Å². The Morgan fingerprint density at radius 3 is 2.57 bits per heavy atom. The lowest BCUT2D eigenvalue weighted by atomic mass is 10.0. The summed E-state index contributed by atoms with van der Waals surface area (Å²) in [5, 5.41) is 13.4. The van der Waals surface area contributed by atoms with E-state index in [0.717, 1.165) is 17.7 Å². The molecule has 0 bridgehead atoms. The van der Waals surface area contributed by atoms with Crippen LogP contribution in [0, 0.1) is 11.3 Å². The van der Waals surface area contributed by atoms with Crippen LogP contribution in [0.5, 0.6) is 0 Å². The van der Waals surface area contributed by atoms with Gasteiger partial charge < -0.3 is 0 Å². The predicted octanol–water partition coefficient (Wildman–Crippen LogP) is 5.04. The number of hydrogen-bond acceptors (Lipinski definition) is 3. The van der Waals surface area contributed by atoms with Crippen molar-refractivity contribution in [1.82, 2.24) is 14.8 Å². The number of rotatable bonds is 3. The van der Waals surface area contributed by atoms with Gasteiger partial charge in [0, 0.05) is 11.8 Å². The Kier molecular flexibility index (Phi) is 4.32. The molecule has 0 saturated heterocycles. The maximum absolute atomic E-state index is 13.0. The molecular formula is C21H13F3N4. The number of aromatic nitrogens is 3. The van der Waals surface area contributed by atoms with Crippen molar-refractivity contribution in [1.29, 1.82) is 5.26 Å². The summed E-state index contributed by atoms with van der Waals surface area (Å²) in [7, 11) is 0. The number of nitriles is 1. The third-order valence-electron chi connectivity index (χ3n) is 4.41. The first-order valence-corrected chi connectivity index (χ1v) is 8.42. The van der Waals surface area contributed by atoms with Gasteiger partial charge in [-0.15, -0.1) is 0 Å². The molecule has 2 aromatic carbocycles. The van der Waals surface area contributed by atoms with E-state index in [9.17, 15) is 13.2 Å². The van der Waals surface area contributed by atoms with Crippen LogP contribution in [0.3, 0.4) is 0 Å². The zero-order valence-electron chi connectivity index (χ0n) is 14.5. The molecule has 4 nitrogen and oxygen atoms in total. The monoisotopic (exact) mass is 378 g/mol. The topological polar surface area (TPSA) is 54.5 Å². The van der Waals surface area contributed by atoms with Gasteiger partial charge in [0.05, 0.1) is 35.5 Å². The van der Waals surface area contributed by atoms with Crippen molar-refractivity contribution >= 4 is 11.0 Å². The van der Waals surface area contributed by atoms with Crippen molar-refractivity contribution in [3.05, 3.63) is 83.7 Å². The number of benzene rings is 2. The molecule has 0 aliphatic heterocycles. The van der Waals surface area contributed by atoms with E-state index in [-0.39, 0.29) is 0 Å². The fraction of sp³-hybridized carbons (Fsp3) is 0.0952. The molecule has 4 rings (SSSR count). The molecule has 0 unspecified atom stereocenters. The Bertz CT molecular complexity index is 1200. The van der Waals surface area contributed by atoms with Crippen LogP contribution in [0.4, 0.5) is 13.2 Å². The minimum Gasteiger partial charge on any atom is -0.259 e. The molecule has 0 radical (unpaired) electrons.